The van der Waals surface area contributed by atoms with Crippen molar-refractivity contribution in [2.75, 3.05) is 26.4 Å². The van der Waals surface area contributed by atoms with E-state index in [1.54, 1.807) is 13.0 Å². The zero-order valence-corrected chi connectivity index (χ0v) is 29.2. The second kappa shape index (κ2) is 17.7. The molecular formula is C35H45ClN6O6S. The Morgan fingerprint density at radius 2 is 1.76 bits per heavy atom. The highest BCUT2D eigenvalue weighted by atomic mass is 35.5. The predicted octanol–water partition coefficient (Wildman–Crippen LogP) is 3.55. The van der Waals surface area contributed by atoms with Gasteiger partial charge in [-0.3, -0.25) is 19.2 Å². The van der Waals surface area contributed by atoms with Gasteiger partial charge < -0.3 is 36.5 Å². The quantitative estimate of drug-likeness (QED) is 0.149. The zero-order chi connectivity index (χ0) is 34.8. The van der Waals surface area contributed by atoms with E-state index in [1.807, 2.05) is 36.4 Å². The zero-order valence-electron chi connectivity index (χ0n) is 27.7. The summed E-state index contributed by atoms with van der Waals surface area (Å²) in [7, 11) is 0. The Balaban J connectivity index is 1.34. The third-order valence-corrected chi connectivity index (χ3v) is 10.2. The van der Waals surface area contributed by atoms with Gasteiger partial charge in [0.2, 0.25) is 23.6 Å². The van der Waals surface area contributed by atoms with Crippen molar-refractivity contribution >= 4 is 56.8 Å². The van der Waals surface area contributed by atoms with E-state index < -0.39 is 29.9 Å². The van der Waals surface area contributed by atoms with Crippen molar-refractivity contribution in [2.24, 2.45) is 11.7 Å². The highest BCUT2D eigenvalue weighted by Gasteiger charge is 2.36. The Labute approximate surface area is 295 Å². The summed E-state index contributed by atoms with van der Waals surface area (Å²) in [5, 5.41) is 13.1. The van der Waals surface area contributed by atoms with Gasteiger partial charge in [-0.1, -0.05) is 36.7 Å². The number of halogens is 1. The number of hydrogen-bond donors (Lipinski definition) is 5. The fraction of sp³-hybridized carbons (Fsp3) is 0.514. The van der Waals surface area contributed by atoms with Crippen LogP contribution >= 0.6 is 22.9 Å². The summed E-state index contributed by atoms with van der Waals surface area (Å²) < 4.78 is 12.2. The third kappa shape index (κ3) is 9.90. The van der Waals surface area contributed by atoms with Crippen LogP contribution in [0.3, 0.4) is 0 Å². The number of unbranched alkanes of at least 4 members (excludes halogenated alkanes) is 1. The highest BCUT2D eigenvalue weighted by Crippen LogP contribution is 2.32. The van der Waals surface area contributed by atoms with Crippen molar-refractivity contribution in [1.29, 1.82) is 0 Å². The number of aromatic nitrogens is 1. The van der Waals surface area contributed by atoms with Crippen LogP contribution in [0.4, 0.5) is 0 Å². The van der Waals surface area contributed by atoms with Gasteiger partial charge in [0.1, 0.15) is 23.9 Å². The molecular weight excluding hydrogens is 668 g/mol. The molecule has 3 aromatic rings. The van der Waals surface area contributed by atoms with E-state index in [2.05, 4.69) is 26.3 Å². The van der Waals surface area contributed by atoms with Gasteiger partial charge in [0.15, 0.2) is 0 Å². The van der Waals surface area contributed by atoms with Gasteiger partial charge in [-0.15, -0.1) is 11.3 Å². The lowest BCUT2D eigenvalue weighted by atomic mass is 9.90. The number of thiazole rings is 1. The lowest BCUT2D eigenvalue weighted by molar-refractivity contribution is -0.135. The van der Waals surface area contributed by atoms with Crippen LogP contribution < -0.4 is 31.7 Å². The second-order valence-corrected chi connectivity index (χ2v) is 14.0. The number of fused-ring (bicyclic) bond motifs is 2. The molecule has 0 unspecified atom stereocenters. The molecule has 2 aromatic carbocycles. The number of hydrogen-bond acceptors (Lipinski definition) is 9. The molecule has 6 N–H and O–H groups in total. The third-order valence-electron chi connectivity index (χ3n) is 8.92. The van der Waals surface area contributed by atoms with Crippen molar-refractivity contribution < 1.29 is 28.7 Å². The maximum absolute atomic E-state index is 14.1. The van der Waals surface area contributed by atoms with Crippen molar-refractivity contribution in [3.63, 3.8) is 0 Å². The fourth-order valence-corrected chi connectivity index (χ4v) is 7.49. The molecule has 264 valence electrons. The normalized spacial score (nSPS) is 18.0. The minimum absolute atomic E-state index is 0.132. The molecule has 49 heavy (non-hydrogen) atoms. The number of rotatable bonds is 15. The number of benzene rings is 2. The first-order valence-electron chi connectivity index (χ1n) is 17.0. The van der Waals surface area contributed by atoms with Crippen molar-refractivity contribution in [2.45, 2.75) is 82.5 Å². The molecule has 4 amide bonds. The average molecular weight is 713 g/mol. The SMILES string of the molecule is CCC(=O)N[C@H](Cc1nc2ccc(Cl)cc2s1)C(=O)N[C@@H](C(=O)N[C@H](CCCCN)C(=O)N[C@H]1CCOc2ccccc21)C1CCOCC1. The average Bonchev–Trinajstić information content (AvgIpc) is 3.51. The van der Waals surface area contributed by atoms with Crippen molar-refractivity contribution in [3.05, 3.63) is 58.1 Å². The Bertz CT molecular complexity index is 1610. The molecule has 0 bridgehead atoms. The molecule has 2 aliphatic rings. The largest absolute Gasteiger partial charge is 0.493 e. The van der Waals surface area contributed by atoms with E-state index >= 15 is 0 Å². The molecule has 12 nitrogen and oxygen atoms in total. The minimum atomic E-state index is -0.976. The molecule has 1 saturated heterocycles. The number of para-hydroxylation sites is 1. The van der Waals surface area contributed by atoms with Gasteiger partial charge in [-0.05, 0) is 68.8 Å². The van der Waals surface area contributed by atoms with Gasteiger partial charge in [0.05, 0.1) is 27.9 Å². The van der Waals surface area contributed by atoms with Crippen LogP contribution in [0.25, 0.3) is 10.2 Å². The Hall–Kier alpha value is -3.78. The summed E-state index contributed by atoms with van der Waals surface area (Å²) in [5.74, 6) is -1.09. The van der Waals surface area contributed by atoms with Crippen LogP contribution in [-0.2, 0) is 30.3 Å². The summed E-state index contributed by atoms with van der Waals surface area (Å²) >= 11 is 7.56. The fourth-order valence-electron chi connectivity index (χ4n) is 6.20. The van der Waals surface area contributed by atoms with E-state index in [9.17, 15) is 19.2 Å². The molecule has 3 heterocycles. The molecule has 1 aromatic heterocycles. The number of nitrogens with two attached hydrogens (primary N) is 1. The maximum atomic E-state index is 14.1. The monoisotopic (exact) mass is 712 g/mol. The summed E-state index contributed by atoms with van der Waals surface area (Å²) in [6, 6.07) is 9.91. The number of carbonyl (C=O) groups excluding carboxylic acids is 4. The molecule has 0 radical (unpaired) electrons. The number of carbonyl (C=O) groups is 4. The number of nitrogens with one attached hydrogen (secondary N) is 4. The van der Waals surface area contributed by atoms with Crippen LogP contribution in [0.15, 0.2) is 42.5 Å². The summed E-state index contributed by atoms with van der Waals surface area (Å²) in [6.07, 6.45) is 3.71. The van der Waals surface area contributed by atoms with E-state index in [-0.39, 0.29) is 36.6 Å². The van der Waals surface area contributed by atoms with Crippen LogP contribution in [0.2, 0.25) is 5.02 Å². The Kier molecular flexibility index (Phi) is 13.2. The molecule has 14 heteroatoms. The Morgan fingerprint density at radius 3 is 2.53 bits per heavy atom. The number of nitrogens with zero attached hydrogens (tertiary/aromatic N) is 1. The van der Waals surface area contributed by atoms with Gasteiger partial charge in [0.25, 0.3) is 0 Å². The van der Waals surface area contributed by atoms with Gasteiger partial charge in [-0.25, -0.2) is 4.98 Å². The van der Waals surface area contributed by atoms with E-state index in [1.165, 1.54) is 11.3 Å². The van der Waals surface area contributed by atoms with E-state index in [4.69, 9.17) is 26.8 Å². The summed E-state index contributed by atoms with van der Waals surface area (Å²) in [4.78, 5) is 59.0. The van der Waals surface area contributed by atoms with Crippen LogP contribution in [0, 0.1) is 5.92 Å². The molecule has 4 atom stereocenters. The predicted molar refractivity (Wildman–Crippen MR) is 188 cm³/mol. The first kappa shape index (κ1) is 36.5. The van der Waals surface area contributed by atoms with Crippen LogP contribution in [0.5, 0.6) is 5.75 Å². The highest BCUT2D eigenvalue weighted by molar-refractivity contribution is 7.18. The van der Waals surface area contributed by atoms with Crippen LogP contribution in [0.1, 0.15) is 68.5 Å². The first-order chi connectivity index (χ1) is 23.7. The van der Waals surface area contributed by atoms with E-state index in [0.717, 1.165) is 21.5 Å². The van der Waals surface area contributed by atoms with E-state index in [0.29, 0.717) is 74.9 Å². The summed E-state index contributed by atoms with van der Waals surface area (Å²) in [5.41, 5.74) is 7.38. The van der Waals surface area contributed by atoms with Gasteiger partial charge in [-0.2, -0.15) is 0 Å². The second-order valence-electron chi connectivity index (χ2n) is 12.4. The smallest absolute Gasteiger partial charge is 0.243 e. The lowest BCUT2D eigenvalue weighted by Crippen LogP contribution is -2.59. The van der Waals surface area contributed by atoms with Gasteiger partial charge in [0, 0.05) is 43.1 Å². The first-order valence-corrected chi connectivity index (χ1v) is 18.2. The number of ether oxygens (including phenoxy) is 2. The van der Waals surface area contributed by atoms with Crippen LogP contribution in [-0.4, -0.2) is 73.1 Å². The molecule has 0 spiro atoms. The lowest BCUT2D eigenvalue weighted by Gasteiger charge is -2.33. The maximum Gasteiger partial charge on any atom is 0.243 e. The minimum Gasteiger partial charge on any atom is -0.493 e. The molecule has 0 aliphatic carbocycles. The standard InChI is InChI=1S/C35H45ClN6O6S/c1-2-30(43)38-27(20-31-39-25-11-10-22(36)19-29(25)49-31)34(45)42-32(21-12-16-47-17-13-21)35(46)41-26(8-5-6-15-37)33(44)40-24-14-18-48-28-9-4-3-7-23(24)28/h3-4,7,9-11,19,21,24,26-27,32H,2,5-6,8,12-18,20,37H2,1H3,(H,38,43)(H,40,44)(H,41,46)(H,42,45)/t24-,26+,27+,32+/m0/s1. The van der Waals surface area contributed by atoms with Gasteiger partial charge >= 0.3 is 0 Å². The molecule has 0 saturated carbocycles. The summed E-state index contributed by atoms with van der Waals surface area (Å²) in [6.45, 7) is 3.51. The Morgan fingerprint density at radius 1 is 0.959 bits per heavy atom. The molecule has 2 aliphatic heterocycles. The van der Waals surface area contributed by atoms with Crippen molar-refractivity contribution in [1.82, 2.24) is 26.3 Å². The molecule has 5 rings (SSSR count). The molecule has 1 fully saturated rings. The number of amides is 4. The topological polar surface area (TPSA) is 174 Å². The van der Waals surface area contributed by atoms with Crippen molar-refractivity contribution in [3.8, 4) is 5.75 Å².